The molecule has 0 spiro atoms. The lowest BCUT2D eigenvalue weighted by Crippen LogP contribution is -2.48. The highest BCUT2D eigenvalue weighted by Gasteiger charge is 2.43. The van der Waals surface area contributed by atoms with Gasteiger partial charge in [-0.15, -0.1) is 0 Å². The van der Waals surface area contributed by atoms with Crippen molar-refractivity contribution in [2.45, 2.75) is 57.8 Å². The second kappa shape index (κ2) is 6.07. The fourth-order valence-corrected chi connectivity index (χ4v) is 3.68. The van der Waals surface area contributed by atoms with Gasteiger partial charge < -0.3 is 9.42 Å². The van der Waals surface area contributed by atoms with Gasteiger partial charge in [-0.05, 0) is 25.7 Å². The highest BCUT2D eigenvalue weighted by atomic mass is 16.5. The summed E-state index contributed by atoms with van der Waals surface area (Å²) in [5.41, 5.74) is -0.798. The maximum atomic E-state index is 12.9. The van der Waals surface area contributed by atoms with Gasteiger partial charge >= 0.3 is 0 Å². The van der Waals surface area contributed by atoms with E-state index in [0.717, 1.165) is 38.6 Å². The Balaban J connectivity index is 1.74. The van der Waals surface area contributed by atoms with Crippen LogP contribution in [0.5, 0.6) is 0 Å². The maximum absolute atomic E-state index is 12.9. The van der Waals surface area contributed by atoms with E-state index in [9.17, 15) is 10.1 Å². The van der Waals surface area contributed by atoms with E-state index in [4.69, 9.17) is 4.52 Å². The van der Waals surface area contributed by atoms with Crippen molar-refractivity contribution in [1.82, 2.24) is 15.0 Å². The molecule has 0 N–H and O–H groups in total. The maximum Gasteiger partial charge on any atom is 0.243 e. The van der Waals surface area contributed by atoms with Gasteiger partial charge in [-0.2, -0.15) is 10.2 Å². The number of aryl methyl sites for hydroxylation is 1. The minimum absolute atomic E-state index is 0.0135. The number of carbonyl (C=O) groups excluding carboxylic acids is 1. The first-order valence-electron chi connectivity index (χ1n) is 8.15. The van der Waals surface area contributed by atoms with Crippen LogP contribution in [0.2, 0.25) is 0 Å². The van der Waals surface area contributed by atoms with E-state index in [1.165, 1.54) is 0 Å². The van der Waals surface area contributed by atoms with Crippen molar-refractivity contribution < 1.29 is 9.32 Å². The third kappa shape index (κ3) is 2.72. The summed E-state index contributed by atoms with van der Waals surface area (Å²) >= 11 is 0. The molecule has 118 valence electrons. The van der Waals surface area contributed by atoms with Gasteiger partial charge in [0, 0.05) is 25.9 Å². The van der Waals surface area contributed by atoms with Crippen molar-refractivity contribution in [3.8, 4) is 6.07 Å². The van der Waals surface area contributed by atoms with Gasteiger partial charge in [0.2, 0.25) is 11.8 Å². The zero-order valence-corrected chi connectivity index (χ0v) is 13.0. The molecular weight excluding hydrogens is 280 g/mol. The first-order valence-corrected chi connectivity index (χ1v) is 8.15. The lowest BCUT2D eigenvalue weighted by atomic mass is 9.74. The number of nitrogens with zero attached hydrogens (tertiary/aromatic N) is 4. The average molecular weight is 302 g/mol. The van der Waals surface area contributed by atoms with Crippen LogP contribution in [0.25, 0.3) is 0 Å². The number of likely N-dealkylation sites (tertiary alicyclic amines) is 1. The summed E-state index contributed by atoms with van der Waals surface area (Å²) in [6.45, 7) is 3.10. The summed E-state index contributed by atoms with van der Waals surface area (Å²) in [6.07, 6.45) is 6.35. The fraction of sp³-hybridized carbons (Fsp3) is 0.750. The van der Waals surface area contributed by atoms with Gasteiger partial charge in [0.15, 0.2) is 5.82 Å². The number of carbonyl (C=O) groups is 1. The fourth-order valence-electron chi connectivity index (χ4n) is 3.68. The van der Waals surface area contributed by atoms with Crippen LogP contribution in [0.3, 0.4) is 0 Å². The molecule has 0 bridgehead atoms. The Hall–Kier alpha value is -1.90. The Kier molecular flexibility index (Phi) is 4.14. The normalized spacial score (nSPS) is 24.7. The molecule has 1 saturated heterocycles. The minimum Gasteiger partial charge on any atom is -0.341 e. The van der Waals surface area contributed by atoms with E-state index in [1.54, 1.807) is 6.92 Å². The van der Waals surface area contributed by atoms with E-state index in [1.807, 2.05) is 4.90 Å². The monoisotopic (exact) mass is 302 g/mol. The molecule has 6 nitrogen and oxygen atoms in total. The third-order valence-corrected chi connectivity index (χ3v) is 4.95. The van der Waals surface area contributed by atoms with Crippen LogP contribution < -0.4 is 0 Å². The van der Waals surface area contributed by atoms with Crippen LogP contribution in [-0.4, -0.2) is 34.0 Å². The standard InChI is InChI=1S/C16H22N4O2/c1-12-18-14(19-22-12)13-6-5-9-20(10-13)15(21)16(11-17)7-3-2-4-8-16/h13H,2-10H2,1H3. The number of hydrogen-bond acceptors (Lipinski definition) is 5. The summed E-state index contributed by atoms with van der Waals surface area (Å²) in [7, 11) is 0. The molecule has 1 aromatic heterocycles. The number of hydrogen-bond donors (Lipinski definition) is 0. The van der Waals surface area contributed by atoms with Crippen molar-refractivity contribution >= 4 is 5.91 Å². The summed E-state index contributed by atoms with van der Waals surface area (Å²) in [6, 6.07) is 2.33. The predicted molar refractivity (Wildman–Crippen MR) is 78.7 cm³/mol. The Morgan fingerprint density at radius 3 is 2.77 bits per heavy atom. The molecule has 0 aromatic carbocycles. The van der Waals surface area contributed by atoms with E-state index in [0.29, 0.717) is 31.1 Å². The molecule has 22 heavy (non-hydrogen) atoms. The first kappa shape index (κ1) is 15.0. The molecule has 1 aliphatic heterocycles. The Labute approximate surface area is 130 Å². The minimum atomic E-state index is -0.798. The molecular formula is C16H22N4O2. The van der Waals surface area contributed by atoms with E-state index >= 15 is 0 Å². The van der Waals surface area contributed by atoms with Crippen molar-refractivity contribution in [3.05, 3.63) is 11.7 Å². The summed E-state index contributed by atoms with van der Waals surface area (Å²) in [5, 5.41) is 13.6. The molecule has 2 heterocycles. The van der Waals surface area contributed by atoms with Crippen LogP contribution in [0.15, 0.2) is 4.52 Å². The lowest BCUT2D eigenvalue weighted by Gasteiger charge is -2.38. The molecule has 2 aliphatic rings. The van der Waals surface area contributed by atoms with Crippen LogP contribution in [0.4, 0.5) is 0 Å². The van der Waals surface area contributed by atoms with E-state index in [-0.39, 0.29) is 11.8 Å². The summed E-state index contributed by atoms with van der Waals surface area (Å²) < 4.78 is 5.05. The van der Waals surface area contributed by atoms with Crippen molar-refractivity contribution in [2.24, 2.45) is 5.41 Å². The van der Waals surface area contributed by atoms with Gasteiger partial charge in [-0.1, -0.05) is 24.4 Å². The second-order valence-electron chi connectivity index (χ2n) is 6.52. The van der Waals surface area contributed by atoms with Gasteiger partial charge in [0.25, 0.3) is 0 Å². The molecule has 1 atom stereocenters. The van der Waals surface area contributed by atoms with Gasteiger partial charge in [0.1, 0.15) is 5.41 Å². The molecule has 1 saturated carbocycles. The Bertz CT molecular complexity index is 583. The van der Waals surface area contributed by atoms with Crippen LogP contribution in [0, 0.1) is 23.7 Å². The topological polar surface area (TPSA) is 83.0 Å². The number of rotatable bonds is 2. The summed E-state index contributed by atoms with van der Waals surface area (Å²) in [5.74, 6) is 1.37. The zero-order chi connectivity index (χ0) is 15.6. The SMILES string of the molecule is Cc1nc(C2CCCN(C(=O)C3(C#N)CCCCC3)C2)no1. The van der Waals surface area contributed by atoms with Crippen LogP contribution in [0.1, 0.15) is 62.6 Å². The third-order valence-electron chi connectivity index (χ3n) is 4.95. The number of aromatic nitrogens is 2. The predicted octanol–water partition coefficient (Wildman–Crippen LogP) is 2.56. The zero-order valence-electron chi connectivity index (χ0n) is 13.0. The van der Waals surface area contributed by atoms with Crippen molar-refractivity contribution in [1.29, 1.82) is 5.26 Å². The number of amides is 1. The first-order chi connectivity index (χ1) is 10.6. The largest absolute Gasteiger partial charge is 0.341 e. The Morgan fingerprint density at radius 1 is 1.36 bits per heavy atom. The average Bonchev–Trinajstić information content (AvgIpc) is 3.01. The molecule has 0 radical (unpaired) electrons. The summed E-state index contributed by atoms with van der Waals surface area (Å²) in [4.78, 5) is 19.1. The van der Waals surface area contributed by atoms with E-state index in [2.05, 4.69) is 16.2 Å². The highest BCUT2D eigenvalue weighted by molar-refractivity contribution is 5.85. The smallest absolute Gasteiger partial charge is 0.243 e. The molecule has 1 amide bonds. The number of nitriles is 1. The Morgan fingerprint density at radius 2 is 2.14 bits per heavy atom. The second-order valence-corrected chi connectivity index (χ2v) is 6.52. The van der Waals surface area contributed by atoms with Gasteiger partial charge in [0.05, 0.1) is 6.07 Å². The van der Waals surface area contributed by atoms with E-state index < -0.39 is 5.41 Å². The van der Waals surface area contributed by atoms with Crippen molar-refractivity contribution in [2.75, 3.05) is 13.1 Å². The molecule has 1 unspecified atom stereocenters. The molecule has 3 rings (SSSR count). The number of piperidine rings is 1. The van der Waals surface area contributed by atoms with Crippen molar-refractivity contribution in [3.63, 3.8) is 0 Å². The van der Waals surface area contributed by atoms with Crippen LogP contribution in [-0.2, 0) is 4.79 Å². The molecule has 1 aromatic rings. The quantitative estimate of drug-likeness (QED) is 0.838. The van der Waals surface area contributed by atoms with Gasteiger partial charge in [-0.25, -0.2) is 0 Å². The highest BCUT2D eigenvalue weighted by Crippen LogP contribution is 2.38. The van der Waals surface area contributed by atoms with Gasteiger partial charge in [-0.3, -0.25) is 4.79 Å². The lowest BCUT2D eigenvalue weighted by molar-refractivity contribution is -0.141. The molecule has 6 heteroatoms. The molecule has 2 fully saturated rings. The molecule has 1 aliphatic carbocycles. The van der Waals surface area contributed by atoms with Crippen LogP contribution >= 0.6 is 0 Å².